The number of methoxy groups -OCH3 is 1. The molecule has 0 amide bonds. The minimum atomic E-state index is -0.102. The maximum absolute atomic E-state index is 12.1. The predicted octanol–water partition coefficient (Wildman–Crippen LogP) is 0.387. The van der Waals surface area contributed by atoms with Gasteiger partial charge in [0.2, 0.25) is 0 Å². The first-order valence-corrected chi connectivity index (χ1v) is 6.19. The highest BCUT2D eigenvalue weighted by atomic mass is 16.5. The zero-order valence-corrected chi connectivity index (χ0v) is 10.5. The standard InChI is InChI=1S/C12H19N3O3/c1-18-8-9(4-7-16)14-11-12(17)15(6-5-13-11)10-2-3-10/h5-6,9-10,16H,2-4,7-8H2,1H3,(H,13,14). The lowest BCUT2D eigenvalue weighted by atomic mass is 10.2. The van der Waals surface area contributed by atoms with E-state index in [0.29, 0.717) is 24.9 Å². The number of hydrogen-bond acceptors (Lipinski definition) is 5. The molecule has 0 saturated heterocycles. The second-order valence-corrected chi connectivity index (χ2v) is 4.53. The van der Waals surface area contributed by atoms with Gasteiger partial charge in [-0.25, -0.2) is 4.98 Å². The molecule has 100 valence electrons. The smallest absolute Gasteiger partial charge is 0.293 e. The predicted molar refractivity (Wildman–Crippen MR) is 67.8 cm³/mol. The number of nitrogens with one attached hydrogen (secondary N) is 1. The van der Waals surface area contributed by atoms with Crippen LogP contribution in [0.4, 0.5) is 5.82 Å². The molecule has 0 spiro atoms. The van der Waals surface area contributed by atoms with E-state index in [1.54, 1.807) is 24.1 Å². The molecular weight excluding hydrogens is 234 g/mol. The second kappa shape index (κ2) is 5.97. The highest BCUT2D eigenvalue weighted by molar-refractivity contribution is 5.32. The van der Waals surface area contributed by atoms with E-state index in [9.17, 15) is 4.79 Å². The molecule has 1 fully saturated rings. The van der Waals surface area contributed by atoms with Crippen molar-refractivity contribution in [3.8, 4) is 0 Å². The molecule has 1 aromatic rings. The van der Waals surface area contributed by atoms with E-state index < -0.39 is 0 Å². The van der Waals surface area contributed by atoms with E-state index in [4.69, 9.17) is 9.84 Å². The van der Waals surface area contributed by atoms with Crippen LogP contribution in [0.5, 0.6) is 0 Å². The molecule has 0 aliphatic heterocycles. The summed E-state index contributed by atoms with van der Waals surface area (Å²) in [5, 5.41) is 12.0. The SMILES string of the molecule is COCC(CCO)Nc1nccn(C2CC2)c1=O. The van der Waals surface area contributed by atoms with Crippen molar-refractivity contribution in [1.82, 2.24) is 9.55 Å². The van der Waals surface area contributed by atoms with Crippen molar-refractivity contribution in [1.29, 1.82) is 0 Å². The Bertz CT molecular complexity index is 436. The van der Waals surface area contributed by atoms with Gasteiger partial charge >= 0.3 is 0 Å². The van der Waals surface area contributed by atoms with Crippen LogP contribution in [0, 0.1) is 0 Å². The molecule has 0 radical (unpaired) electrons. The minimum absolute atomic E-state index is 0.0463. The van der Waals surface area contributed by atoms with Crippen molar-refractivity contribution in [2.45, 2.75) is 31.3 Å². The third-order valence-corrected chi connectivity index (χ3v) is 2.99. The topological polar surface area (TPSA) is 76.4 Å². The molecule has 1 unspecified atom stereocenters. The fourth-order valence-corrected chi connectivity index (χ4v) is 1.91. The fourth-order valence-electron chi connectivity index (χ4n) is 1.91. The summed E-state index contributed by atoms with van der Waals surface area (Å²) in [5.74, 6) is 0.333. The summed E-state index contributed by atoms with van der Waals surface area (Å²) in [7, 11) is 1.59. The summed E-state index contributed by atoms with van der Waals surface area (Å²) < 4.78 is 6.77. The first kappa shape index (κ1) is 13.0. The number of rotatable bonds is 7. The Morgan fingerprint density at radius 1 is 1.67 bits per heavy atom. The van der Waals surface area contributed by atoms with Gasteiger partial charge in [0, 0.05) is 32.2 Å². The zero-order valence-electron chi connectivity index (χ0n) is 10.5. The molecule has 2 N–H and O–H groups in total. The van der Waals surface area contributed by atoms with Crippen LogP contribution in [0.3, 0.4) is 0 Å². The molecule has 1 saturated carbocycles. The van der Waals surface area contributed by atoms with E-state index in [1.807, 2.05) is 0 Å². The van der Waals surface area contributed by atoms with Crippen LogP contribution in [0.15, 0.2) is 17.2 Å². The van der Waals surface area contributed by atoms with E-state index in [0.717, 1.165) is 12.8 Å². The number of ether oxygens (including phenoxy) is 1. The number of aliphatic hydroxyl groups is 1. The molecule has 1 heterocycles. The summed E-state index contributed by atoms with van der Waals surface area (Å²) in [4.78, 5) is 16.2. The van der Waals surface area contributed by atoms with E-state index in [1.165, 1.54) is 0 Å². The quantitative estimate of drug-likeness (QED) is 0.735. The van der Waals surface area contributed by atoms with Gasteiger partial charge in [-0.2, -0.15) is 0 Å². The molecule has 6 heteroatoms. The Kier molecular flexibility index (Phi) is 4.33. The first-order chi connectivity index (χ1) is 8.76. The summed E-state index contributed by atoms with van der Waals surface area (Å²) in [5.41, 5.74) is -0.0981. The largest absolute Gasteiger partial charge is 0.396 e. The maximum Gasteiger partial charge on any atom is 0.293 e. The Balaban J connectivity index is 2.12. The van der Waals surface area contributed by atoms with E-state index >= 15 is 0 Å². The molecule has 2 rings (SSSR count). The van der Waals surface area contributed by atoms with Crippen molar-refractivity contribution in [2.24, 2.45) is 0 Å². The third kappa shape index (κ3) is 3.08. The Labute approximate surface area is 106 Å². The molecule has 0 bridgehead atoms. The van der Waals surface area contributed by atoms with Gasteiger partial charge in [0.25, 0.3) is 5.56 Å². The average molecular weight is 253 g/mol. The summed E-state index contributed by atoms with van der Waals surface area (Å²) >= 11 is 0. The number of aliphatic hydroxyl groups excluding tert-OH is 1. The third-order valence-electron chi connectivity index (χ3n) is 2.99. The monoisotopic (exact) mass is 253 g/mol. The Morgan fingerprint density at radius 3 is 3.06 bits per heavy atom. The van der Waals surface area contributed by atoms with Crippen LogP contribution in [-0.2, 0) is 4.74 Å². The van der Waals surface area contributed by atoms with Crippen LogP contribution >= 0.6 is 0 Å². The van der Waals surface area contributed by atoms with Crippen LogP contribution in [0.25, 0.3) is 0 Å². The molecule has 1 aromatic heterocycles. The van der Waals surface area contributed by atoms with Gasteiger partial charge in [-0.05, 0) is 19.3 Å². The molecule has 0 aromatic carbocycles. The molecule has 18 heavy (non-hydrogen) atoms. The fraction of sp³-hybridized carbons (Fsp3) is 0.667. The molecular formula is C12H19N3O3. The lowest BCUT2D eigenvalue weighted by Gasteiger charge is -2.17. The normalized spacial score (nSPS) is 16.6. The number of nitrogens with zero attached hydrogens (tertiary/aromatic N) is 2. The summed E-state index contributed by atoms with van der Waals surface area (Å²) in [6.45, 7) is 0.477. The van der Waals surface area contributed by atoms with Gasteiger partial charge in [0.05, 0.1) is 12.6 Å². The number of hydrogen-bond donors (Lipinski definition) is 2. The van der Waals surface area contributed by atoms with Gasteiger partial charge in [0.15, 0.2) is 5.82 Å². The average Bonchev–Trinajstić information content (AvgIpc) is 3.16. The van der Waals surface area contributed by atoms with Crippen molar-refractivity contribution in [3.05, 3.63) is 22.7 Å². The van der Waals surface area contributed by atoms with Crippen molar-refractivity contribution < 1.29 is 9.84 Å². The van der Waals surface area contributed by atoms with Crippen LogP contribution in [0.2, 0.25) is 0 Å². The number of aromatic nitrogens is 2. The van der Waals surface area contributed by atoms with Gasteiger partial charge in [-0.15, -0.1) is 0 Å². The van der Waals surface area contributed by atoms with Gasteiger partial charge < -0.3 is 19.7 Å². The van der Waals surface area contributed by atoms with Gasteiger partial charge in [0.1, 0.15) is 0 Å². The zero-order chi connectivity index (χ0) is 13.0. The molecule has 1 atom stereocenters. The lowest BCUT2D eigenvalue weighted by Crippen LogP contribution is -2.32. The Morgan fingerprint density at radius 2 is 2.44 bits per heavy atom. The summed E-state index contributed by atoms with van der Waals surface area (Å²) in [6, 6.07) is 0.232. The Hall–Kier alpha value is -1.40. The highest BCUT2D eigenvalue weighted by Crippen LogP contribution is 2.33. The lowest BCUT2D eigenvalue weighted by molar-refractivity contribution is 0.170. The van der Waals surface area contributed by atoms with Crippen LogP contribution in [0.1, 0.15) is 25.3 Å². The van der Waals surface area contributed by atoms with E-state index in [2.05, 4.69) is 10.3 Å². The van der Waals surface area contributed by atoms with Crippen molar-refractivity contribution >= 4 is 5.82 Å². The second-order valence-electron chi connectivity index (χ2n) is 4.53. The van der Waals surface area contributed by atoms with Gasteiger partial charge in [-0.3, -0.25) is 4.79 Å². The molecule has 1 aliphatic carbocycles. The van der Waals surface area contributed by atoms with E-state index in [-0.39, 0.29) is 18.2 Å². The van der Waals surface area contributed by atoms with Crippen molar-refractivity contribution in [3.63, 3.8) is 0 Å². The first-order valence-electron chi connectivity index (χ1n) is 6.19. The number of anilines is 1. The minimum Gasteiger partial charge on any atom is -0.396 e. The maximum atomic E-state index is 12.1. The van der Waals surface area contributed by atoms with Crippen molar-refractivity contribution in [2.75, 3.05) is 25.6 Å². The van der Waals surface area contributed by atoms with Crippen LogP contribution < -0.4 is 10.9 Å². The van der Waals surface area contributed by atoms with Gasteiger partial charge in [-0.1, -0.05) is 0 Å². The molecule has 6 nitrogen and oxygen atoms in total. The highest BCUT2D eigenvalue weighted by Gasteiger charge is 2.25. The summed E-state index contributed by atoms with van der Waals surface area (Å²) in [6.07, 6.45) is 5.99. The van der Waals surface area contributed by atoms with Crippen LogP contribution in [-0.4, -0.2) is 41.0 Å². The molecule has 1 aliphatic rings.